The number of sulfonamides is 1. The first-order valence-electron chi connectivity index (χ1n) is 8.37. The normalized spacial score (nSPS) is 11.6. The first-order chi connectivity index (χ1) is 12.2. The summed E-state index contributed by atoms with van der Waals surface area (Å²) >= 11 is 6.06. The average molecular weight is 395 g/mol. The quantitative estimate of drug-likeness (QED) is 0.738. The fourth-order valence-electron chi connectivity index (χ4n) is 2.31. The van der Waals surface area contributed by atoms with Gasteiger partial charge in [0, 0.05) is 22.8 Å². The lowest BCUT2D eigenvalue weighted by molar-refractivity contribution is 0.102. The van der Waals surface area contributed by atoms with Gasteiger partial charge in [-0.3, -0.25) is 4.79 Å². The highest BCUT2D eigenvalue weighted by atomic mass is 35.5. The summed E-state index contributed by atoms with van der Waals surface area (Å²) in [6.07, 6.45) is 0.744. The van der Waals surface area contributed by atoms with Crippen molar-refractivity contribution < 1.29 is 13.2 Å². The maximum absolute atomic E-state index is 12.5. The molecule has 2 rings (SSSR count). The minimum absolute atomic E-state index is 0.0664. The van der Waals surface area contributed by atoms with E-state index >= 15 is 0 Å². The third-order valence-electron chi connectivity index (χ3n) is 3.94. The van der Waals surface area contributed by atoms with Gasteiger partial charge in [-0.1, -0.05) is 37.6 Å². The van der Waals surface area contributed by atoms with Gasteiger partial charge in [0.2, 0.25) is 10.0 Å². The highest BCUT2D eigenvalue weighted by Gasteiger charge is 2.16. The van der Waals surface area contributed by atoms with Crippen LogP contribution in [0.5, 0.6) is 0 Å². The van der Waals surface area contributed by atoms with Gasteiger partial charge in [0.05, 0.1) is 4.90 Å². The van der Waals surface area contributed by atoms with Crippen LogP contribution < -0.4 is 10.0 Å². The van der Waals surface area contributed by atoms with E-state index in [4.69, 9.17) is 11.6 Å². The standard InChI is InChI=1S/C19H23ClN2O3S/c1-13(2)10-11-21-26(24,25)16-7-4-6-15(12-16)19(23)22-18-9-5-8-17(20)14(18)3/h4-9,12-13,21H,10-11H2,1-3H3,(H,22,23). The lowest BCUT2D eigenvalue weighted by Crippen LogP contribution is -2.26. The van der Waals surface area contributed by atoms with Crippen molar-refractivity contribution in [2.45, 2.75) is 32.1 Å². The van der Waals surface area contributed by atoms with E-state index in [-0.39, 0.29) is 10.5 Å². The summed E-state index contributed by atoms with van der Waals surface area (Å²) in [6.45, 7) is 6.21. The molecule has 0 bridgehead atoms. The van der Waals surface area contributed by atoms with Gasteiger partial charge in [-0.2, -0.15) is 0 Å². The Morgan fingerprint density at radius 2 is 1.85 bits per heavy atom. The Bertz CT molecular complexity index is 895. The zero-order valence-corrected chi connectivity index (χ0v) is 16.6. The largest absolute Gasteiger partial charge is 0.322 e. The van der Waals surface area contributed by atoms with Crippen molar-refractivity contribution in [1.82, 2.24) is 4.72 Å². The summed E-state index contributed by atoms with van der Waals surface area (Å²) in [6, 6.07) is 11.2. The molecule has 140 valence electrons. The molecular formula is C19H23ClN2O3S. The molecule has 0 spiro atoms. The molecule has 0 atom stereocenters. The summed E-state index contributed by atoms with van der Waals surface area (Å²) in [5, 5.41) is 3.31. The predicted octanol–water partition coefficient (Wildman–Crippen LogP) is 4.23. The van der Waals surface area contributed by atoms with Gasteiger partial charge in [-0.05, 0) is 55.2 Å². The van der Waals surface area contributed by atoms with Crippen molar-refractivity contribution in [3.05, 3.63) is 58.6 Å². The number of carbonyl (C=O) groups is 1. The van der Waals surface area contributed by atoms with E-state index in [0.29, 0.717) is 23.2 Å². The molecular weight excluding hydrogens is 372 g/mol. The number of benzene rings is 2. The van der Waals surface area contributed by atoms with Gasteiger partial charge in [0.25, 0.3) is 5.91 Å². The molecule has 2 aromatic rings. The van der Waals surface area contributed by atoms with Crippen LogP contribution in [0.15, 0.2) is 47.4 Å². The Balaban J connectivity index is 2.17. The molecule has 0 aliphatic heterocycles. The number of amides is 1. The number of anilines is 1. The SMILES string of the molecule is Cc1c(Cl)cccc1NC(=O)c1cccc(S(=O)(=O)NCCC(C)C)c1. The molecule has 0 aliphatic rings. The van der Waals surface area contributed by atoms with E-state index in [2.05, 4.69) is 10.0 Å². The second-order valence-electron chi connectivity index (χ2n) is 6.47. The molecule has 0 saturated carbocycles. The minimum Gasteiger partial charge on any atom is -0.322 e. The summed E-state index contributed by atoms with van der Waals surface area (Å²) in [5.74, 6) is 0.00495. The zero-order chi connectivity index (χ0) is 19.3. The highest BCUT2D eigenvalue weighted by Crippen LogP contribution is 2.23. The number of hydrogen-bond donors (Lipinski definition) is 2. The summed E-state index contributed by atoms with van der Waals surface area (Å²) in [4.78, 5) is 12.6. The maximum Gasteiger partial charge on any atom is 0.255 e. The van der Waals surface area contributed by atoms with Crippen molar-refractivity contribution in [1.29, 1.82) is 0 Å². The summed E-state index contributed by atoms with van der Waals surface area (Å²) in [7, 11) is -3.65. The van der Waals surface area contributed by atoms with E-state index in [0.717, 1.165) is 12.0 Å². The molecule has 0 aromatic heterocycles. The molecule has 2 N–H and O–H groups in total. The molecule has 0 unspecified atom stereocenters. The Hall–Kier alpha value is -1.89. The smallest absolute Gasteiger partial charge is 0.255 e. The van der Waals surface area contributed by atoms with Crippen LogP contribution in [-0.2, 0) is 10.0 Å². The highest BCUT2D eigenvalue weighted by molar-refractivity contribution is 7.89. The maximum atomic E-state index is 12.5. The Morgan fingerprint density at radius 3 is 2.54 bits per heavy atom. The second kappa shape index (κ2) is 8.66. The van der Waals surface area contributed by atoms with Crippen LogP contribution in [0.3, 0.4) is 0 Å². The molecule has 0 aliphatic carbocycles. The number of carbonyl (C=O) groups excluding carboxylic acids is 1. The Labute approximate surface area is 159 Å². The number of nitrogens with one attached hydrogen (secondary N) is 2. The van der Waals surface area contributed by atoms with Crippen LogP contribution in [0, 0.1) is 12.8 Å². The molecule has 0 radical (unpaired) electrons. The Kier molecular flexibility index (Phi) is 6.81. The predicted molar refractivity (Wildman–Crippen MR) is 105 cm³/mol. The Morgan fingerprint density at radius 1 is 1.15 bits per heavy atom. The first-order valence-corrected chi connectivity index (χ1v) is 10.2. The van der Waals surface area contributed by atoms with Gasteiger partial charge in [0.1, 0.15) is 0 Å². The fourth-order valence-corrected chi connectivity index (χ4v) is 3.57. The van der Waals surface area contributed by atoms with E-state index in [1.807, 2.05) is 13.8 Å². The molecule has 26 heavy (non-hydrogen) atoms. The third-order valence-corrected chi connectivity index (χ3v) is 5.80. The van der Waals surface area contributed by atoms with E-state index in [1.165, 1.54) is 12.1 Å². The molecule has 2 aromatic carbocycles. The van der Waals surface area contributed by atoms with Gasteiger partial charge in [0.15, 0.2) is 0 Å². The van der Waals surface area contributed by atoms with Crippen molar-refractivity contribution in [2.24, 2.45) is 5.92 Å². The number of halogens is 1. The van der Waals surface area contributed by atoms with Crippen LogP contribution in [-0.4, -0.2) is 20.9 Å². The van der Waals surface area contributed by atoms with Crippen LogP contribution in [0.1, 0.15) is 36.2 Å². The topological polar surface area (TPSA) is 75.3 Å². The van der Waals surface area contributed by atoms with Gasteiger partial charge >= 0.3 is 0 Å². The fraction of sp³-hybridized carbons (Fsp3) is 0.316. The van der Waals surface area contributed by atoms with E-state index in [1.54, 1.807) is 37.3 Å². The van der Waals surface area contributed by atoms with Crippen molar-refractivity contribution in [2.75, 3.05) is 11.9 Å². The van der Waals surface area contributed by atoms with E-state index in [9.17, 15) is 13.2 Å². The lowest BCUT2D eigenvalue weighted by atomic mass is 10.1. The second-order valence-corrected chi connectivity index (χ2v) is 8.65. The van der Waals surface area contributed by atoms with Crippen LogP contribution in [0.4, 0.5) is 5.69 Å². The van der Waals surface area contributed by atoms with Crippen LogP contribution in [0.2, 0.25) is 5.02 Å². The van der Waals surface area contributed by atoms with E-state index < -0.39 is 15.9 Å². The average Bonchev–Trinajstić information content (AvgIpc) is 2.58. The minimum atomic E-state index is -3.65. The molecule has 0 saturated heterocycles. The molecule has 0 fully saturated rings. The van der Waals surface area contributed by atoms with Gasteiger partial charge < -0.3 is 5.32 Å². The van der Waals surface area contributed by atoms with Crippen molar-refractivity contribution >= 4 is 33.2 Å². The molecule has 7 heteroatoms. The molecule has 5 nitrogen and oxygen atoms in total. The monoisotopic (exact) mass is 394 g/mol. The number of rotatable bonds is 7. The molecule has 0 heterocycles. The van der Waals surface area contributed by atoms with Crippen molar-refractivity contribution in [3.63, 3.8) is 0 Å². The summed E-state index contributed by atoms with van der Waals surface area (Å²) in [5.41, 5.74) is 1.60. The van der Waals surface area contributed by atoms with Crippen LogP contribution >= 0.6 is 11.6 Å². The van der Waals surface area contributed by atoms with Gasteiger partial charge in [-0.15, -0.1) is 0 Å². The zero-order valence-electron chi connectivity index (χ0n) is 15.0. The number of hydrogen-bond acceptors (Lipinski definition) is 3. The lowest BCUT2D eigenvalue weighted by Gasteiger charge is -2.11. The van der Waals surface area contributed by atoms with Crippen LogP contribution in [0.25, 0.3) is 0 Å². The third kappa shape index (κ3) is 5.30. The molecule has 1 amide bonds. The summed E-state index contributed by atoms with van der Waals surface area (Å²) < 4.78 is 27.3. The van der Waals surface area contributed by atoms with Gasteiger partial charge in [-0.25, -0.2) is 13.1 Å². The first kappa shape index (κ1) is 20.4. The van der Waals surface area contributed by atoms with Crippen molar-refractivity contribution in [3.8, 4) is 0 Å².